The van der Waals surface area contributed by atoms with Crippen molar-refractivity contribution in [1.82, 2.24) is 0 Å². The maximum Gasteiger partial charge on any atom is 1.00 e. The van der Waals surface area contributed by atoms with Gasteiger partial charge in [0, 0.05) is 23.0 Å². The average molecular weight is 579 g/mol. The van der Waals surface area contributed by atoms with Crippen molar-refractivity contribution in [3.8, 4) is 11.5 Å². The second kappa shape index (κ2) is 14.1. The minimum absolute atomic E-state index is 0. The van der Waals surface area contributed by atoms with Crippen LogP contribution in [0, 0.1) is 0 Å². The van der Waals surface area contributed by atoms with Crippen LogP contribution in [0.2, 0.25) is 0 Å². The first kappa shape index (κ1) is 32.3. The van der Waals surface area contributed by atoms with Crippen LogP contribution < -0.4 is 39.4 Å². The van der Waals surface area contributed by atoms with Gasteiger partial charge in [-0.25, -0.2) is 0 Å². The molecule has 1 fully saturated rings. The summed E-state index contributed by atoms with van der Waals surface area (Å²) in [5.74, 6) is -3.32. The third-order valence-electron chi connectivity index (χ3n) is 6.48. The molecule has 1 saturated heterocycles. The van der Waals surface area contributed by atoms with Crippen LogP contribution in [-0.4, -0.2) is 76.3 Å². The molecule has 0 bridgehead atoms. The van der Waals surface area contributed by atoms with E-state index in [0.717, 1.165) is 11.5 Å². The molecule has 12 nitrogen and oxygen atoms in total. The van der Waals surface area contributed by atoms with E-state index in [1.165, 1.54) is 19.3 Å². The molecule has 5 atom stereocenters. The van der Waals surface area contributed by atoms with Crippen molar-refractivity contribution in [3.05, 3.63) is 65.4 Å². The summed E-state index contributed by atoms with van der Waals surface area (Å²) in [6.45, 7) is -0.566. The maximum absolute atomic E-state index is 13.0. The molecule has 4 rings (SSSR count). The Kier molecular flexibility index (Phi) is 11.1. The number of aliphatic hydroxyl groups is 3. The molecule has 0 aliphatic carbocycles. The fraction of sp³-hybridized carbons (Fsp3) is 0.321. The number of carbonyl (C=O) groups is 3. The van der Waals surface area contributed by atoms with E-state index in [4.69, 9.17) is 18.6 Å². The second-order valence-electron chi connectivity index (χ2n) is 9.15. The number of carbonyl (C=O) groups excluding carboxylic acids is 3. The van der Waals surface area contributed by atoms with Crippen LogP contribution in [0.1, 0.15) is 40.4 Å². The van der Waals surface area contributed by atoms with Crippen LogP contribution in [0.25, 0.3) is 17.0 Å². The molecule has 0 saturated carbocycles. The zero-order valence-corrected chi connectivity index (χ0v) is 24.3. The number of carboxylic acids is 1. The quantitative estimate of drug-likeness (QED) is 0.0866. The first-order valence-electron chi connectivity index (χ1n) is 12.2. The molecule has 0 radical (unpaired) electrons. The number of phenolic OH excluding ortho intramolecular Hbond substituents is 1. The van der Waals surface area contributed by atoms with Gasteiger partial charge in [0.15, 0.2) is 5.78 Å². The first-order chi connectivity index (χ1) is 19.1. The predicted molar refractivity (Wildman–Crippen MR) is 135 cm³/mol. The summed E-state index contributed by atoms with van der Waals surface area (Å²) < 4.78 is 21.3. The molecule has 0 spiro atoms. The molecule has 1 aromatic heterocycles. The summed E-state index contributed by atoms with van der Waals surface area (Å²) in [7, 11) is 1.28. The van der Waals surface area contributed by atoms with Gasteiger partial charge in [0.05, 0.1) is 25.4 Å². The summed E-state index contributed by atoms with van der Waals surface area (Å²) in [4.78, 5) is 35.4. The SMILES string of the molecule is COc1cc(O)c(C(=O)/C=C/c2ccc3occc3c2)cc1C1OC(COC(=O)CCC(=O)[O-])C(O)C(O)C1O.[Na+]. The number of carboxylic acid groups (broad SMARTS) is 1. The van der Waals surface area contributed by atoms with Gasteiger partial charge >= 0.3 is 35.5 Å². The molecule has 3 aromatic rings. The molecule has 1 aliphatic rings. The molecule has 1 aliphatic heterocycles. The zero-order valence-electron chi connectivity index (χ0n) is 22.3. The Balaban J connectivity index is 0.00000462. The Morgan fingerprint density at radius 1 is 1.02 bits per heavy atom. The number of fused-ring (bicyclic) bond motifs is 1. The average Bonchev–Trinajstić information content (AvgIpc) is 3.41. The van der Waals surface area contributed by atoms with Gasteiger partial charge in [0.1, 0.15) is 54.2 Å². The van der Waals surface area contributed by atoms with Crippen molar-refractivity contribution >= 4 is 34.8 Å². The maximum atomic E-state index is 13.0. The first-order valence-corrected chi connectivity index (χ1v) is 12.2. The number of aliphatic hydroxyl groups excluding tert-OH is 3. The molecule has 2 heterocycles. The van der Waals surface area contributed by atoms with Crippen LogP contribution in [0.4, 0.5) is 0 Å². The smallest absolute Gasteiger partial charge is 0.550 e. The number of benzene rings is 2. The molecule has 0 amide bonds. The van der Waals surface area contributed by atoms with E-state index >= 15 is 0 Å². The number of aromatic hydroxyl groups is 1. The van der Waals surface area contributed by atoms with Gasteiger partial charge in [-0.2, -0.15) is 0 Å². The fourth-order valence-corrected chi connectivity index (χ4v) is 4.33. The monoisotopic (exact) mass is 578 g/mol. The van der Waals surface area contributed by atoms with E-state index in [9.17, 15) is 39.9 Å². The van der Waals surface area contributed by atoms with Gasteiger partial charge in [0.2, 0.25) is 0 Å². The van der Waals surface area contributed by atoms with E-state index in [-0.39, 0.29) is 46.4 Å². The molecular formula is C28H27NaO12. The molecule has 2 aromatic carbocycles. The third-order valence-corrected chi connectivity index (χ3v) is 6.48. The number of furan rings is 1. The summed E-state index contributed by atoms with van der Waals surface area (Å²) in [6, 6.07) is 9.48. The van der Waals surface area contributed by atoms with Crippen molar-refractivity contribution in [2.24, 2.45) is 0 Å². The number of ether oxygens (including phenoxy) is 3. The van der Waals surface area contributed by atoms with Gasteiger partial charge in [-0.05, 0) is 42.3 Å². The van der Waals surface area contributed by atoms with Gasteiger partial charge in [-0.1, -0.05) is 12.1 Å². The number of aliphatic carboxylic acids is 1. The molecule has 41 heavy (non-hydrogen) atoms. The van der Waals surface area contributed by atoms with Crippen LogP contribution in [0.5, 0.6) is 11.5 Å². The van der Waals surface area contributed by atoms with Crippen molar-refractivity contribution < 1.29 is 88.1 Å². The predicted octanol–water partition coefficient (Wildman–Crippen LogP) is -2.36. The number of phenols is 1. The fourth-order valence-electron chi connectivity index (χ4n) is 4.33. The number of ketones is 1. The Morgan fingerprint density at radius 3 is 2.49 bits per heavy atom. The largest absolute Gasteiger partial charge is 1.00 e. The number of methoxy groups -OCH3 is 1. The Hall–Kier alpha value is -3.23. The number of esters is 1. The van der Waals surface area contributed by atoms with Crippen LogP contribution in [-0.2, 0) is 19.1 Å². The van der Waals surface area contributed by atoms with Crippen LogP contribution in [0.15, 0.2) is 53.2 Å². The van der Waals surface area contributed by atoms with Crippen LogP contribution in [0.3, 0.4) is 0 Å². The van der Waals surface area contributed by atoms with Gasteiger partial charge in [0.25, 0.3) is 0 Å². The van der Waals surface area contributed by atoms with E-state index in [0.29, 0.717) is 11.1 Å². The molecule has 5 unspecified atom stereocenters. The van der Waals surface area contributed by atoms with Crippen molar-refractivity contribution in [2.75, 3.05) is 13.7 Å². The van der Waals surface area contributed by atoms with E-state index in [1.54, 1.807) is 30.5 Å². The summed E-state index contributed by atoms with van der Waals surface area (Å²) >= 11 is 0. The minimum atomic E-state index is -1.75. The molecule has 212 valence electrons. The number of rotatable bonds is 10. The molecule has 4 N–H and O–H groups in total. The zero-order chi connectivity index (χ0) is 29.0. The Labute approximate surface area is 256 Å². The van der Waals surface area contributed by atoms with Crippen molar-refractivity contribution in [1.29, 1.82) is 0 Å². The molecular weight excluding hydrogens is 551 g/mol. The van der Waals surface area contributed by atoms with E-state index in [1.807, 2.05) is 6.07 Å². The normalized spacial score (nSPS) is 22.3. The summed E-state index contributed by atoms with van der Waals surface area (Å²) in [5.41, 5.74) is 1.31. The van der Waals surface area contributed by atoms with Gasteiger partial charge in [-0.3, -0.25) is 9.59 Å². The number of hydrogen-bond donors (Lipinski definition) is 4. The summed E-state index contributed by atoms with van der Waals surface area (Å²) in [6.07, 6.45) is -4.51. The van der Waals surface area contributed by atoms with Gasteiger partial charge in [-0.15, -0.1) is 0 Å². The van der Waals surface area contributed by atoms with Crippen LogP contribution >= 0.6 is 0 Å². The van der Waals surface area contributed by atoms with E-state index < -0.39 is 73.4 Å². The third kappa shape index (κ3) is 7.54. The standard InChI is InChI=1S/C28H28O12.Na/c1-37-21-12-19(30)16(18(29)4-2-14-3-5-20-15(10-14)8-9-38-20)11-17(21)28-27(36)26(35)25(34)22(40-28)13-39-24(33)7-6-23(31)32;/h2-5,8-12,22,25-28,30,34-36H,6-7,13H2,1H3,(H,31,32);/q;+1/p-1/b4-2+;. The van der Waals surface area contributed by atoms with Gasteiger partial charge < -0.3 is 49.0 Å². The Bertz CT molecular complexity index is 1430. The topological polar surface area (TPSA) is 196 Å². The molecule has 13 heteroatoms. The summed E-state index contributed by atoms with van der Waals surface area (Å²) in [5, 5.41) is 53.5. The minimum Gasteiger partial charge on any atom is -0.550 e. The van der Waals surface area contributed by atoms with E-state index in [2.05, 4.69) is 0 Å². The Morgan fingerprint density at radius 2 is 1.78 bits per heavy atom. The number of allylic oxidation sites excluding steroid dienone is 1. The van der Waals surface area contributed by atoms with Crippen molar-refractivity contribution in [2.45, 2.75) is 43.4 Å². The number of hydrogen-bond acceptors (Lipinski definition) is 12. The second-order valence-corrected chi connectivity index (χ2v) is 9.15. The van der Waals surface area contributed by atoms with Crippen molar-refractivity contribution in [3.63, 3.8) is 0 Å².